The lowest BCUT2D eigenvalue weighted by atomic mass is 10.2. The van der Waals surface area contributed by atoms with Gasteiger partial charge in [-0.3, -0.25) is 0 Å². The van der Waals surface area contributed by atoms with Crippen molar-refractivity contribution >= 4 is 11.8 Å². The number of thioether (sulfide) groups is 1. The van der Waals surface area contributed by atoms with Gasteiger partial charge in [0.2, 0.25) is 0 Å². The molecule has 0 nitrogen and oxygen atoms in total. The zero-order valence-electron chi connectivity index (χ0n) is 5.48. The highest BCUT2D eigenvalue weighted by molar-refractivity contribution is 7.99. The van der Waals surface area contributed by atoms with Crippen LogP contribution in [0.5, 0.6) is 0 Å². The third-order valence-electron chi connectivity index (χ3n) is 0.856. The molecule has 8 heavy (non-hydrogen) atoms. The minimum absolute atomic E-state index is 0.444. The van der Waals surface area contributed by atoms with Crippen LogP contribution >= 0.6 is 11.8 Å². The summed E-state index contributed by atoms with van der Waals surface area (Å²) in [6, 6.07) is 0. The molecule has 0 radical (unpaired) electrons. The summed E-state index contributed by atoms with van der Waals surface area (Å²) in [5, 5.41) is 0. The van der Waals surface area contributed by atoms with Crippen LogP contribution in [0.25, 0.3) is 0 Å². The minimum Gasteiger partial charge on any atom is -0.161 e. The number of hydrogen-bond donors (Lipinski definition) is 0. The van der Waals surface area contributed by atoms with Crippen molar-refractivity contribution in [2.24, 2.45) is 5.92 Å². The Bertz CT molecular complexity index is 80.9. The molecule has 0 N–H and O–H groups in total. The predicted molar refractivity (Wildman–Crippen MR) is 41.0 cm³/mol. The van der Waals surface area contributed by atoms with E-state index in [9.17, 15) is 0 Å². The fourth-order valence-corrected chi connectivity index (χ4v) is 1.03. The summed E-state index contributed by atoms with van der Waals surface area (Å²) in [5.41, 5.74) is 0. The Morgan fingerprint density at radius 1 is 1.75 bits per heavy atom. The van der Waals surface area contributed by atoms with Gasteiger partial charge in [0, 0.05) is 11.7 Å². The molecule has 1 heteroatoms. The van der Waals surface area contributed by atoms with Crippen LogP contribution < -0.4 is 0 Å². The van der Waals surface area contributed by atoms with Gasteiger partial charge in [0.05, 0.1) is 0 Å². The highest BCUT2D eigenvalue weighted by Crippen LogP contribution is 2.05. The average Bonchev–Trinajstić information content (AvgIpc) is 1.83. The quantitative estimate of drug-likeness (QED) is 0.524. The number of hydrogen-bond acceptors (Lipinski definition) is 1. The second-order valence-corrected chi connectivity index (χ2v) is 3.05. The van der Waals surface area contributed by atoms with Crippen molar-refractivity contribution in [3.8, 4) is 12.3 Å². The van der Waals surface area contributed by atoms with Crippen molar-refractivity contribution in [1.82, 2.24) is 0 Å². The average molecular weight is 128 g/mol. The Labute approximate surface area is 56.1 Å². The van der Waals surface area contributed by atoms with Crippen LogP contribution in [0.15, 0.2) is 0 Å². The molecule has 0 aromatic heterocycles. The predicted octanol–water partition coefficient (Wildman–Crippen LogP) is 2.01. The second-order valence-electron chi connectivity index (χ2n) is 1.73. The van der Waals surface area contributed by atoms with E-state index in [1.54, 1.807) is 0 Å². The number of terminal acetylenes is 1. The van der Waals surface area contributed by atoms with E-state index in [0.717, 1.165) is 5.75 Å². The monoisotopic (exact) mass is 128 g/mol. The summed E-state index contributed by atoms with van der Waals surface area (Å²) in [5.74, 6) is 5.40. The minimum atomic E-state index is 0.444. The first-order valence-electron chi connectivity index (χ1n) is 2.85. The summed E-state index contributed by atoms with van der Waals surface area (Å²) in [4.78, 5) is 0. The Morgan fingerprint density at radius 3 is 2.75 bits per heavy atom. The molecular weight excluding hydrogens is 116 g/mol. The molecule has 0 aliphatic rings. The Kier molecular flexibility index (Phi) is 5.00. The molecule has 0 bridgehead atoms. The standard InChI is InChI=1S/C7H12S/c1-4-7(3)6-8-5-2/h1,7H,5-6H2,2-3H3. The Hall–Kier alpha value is -0.0900. The molecule has 0 saturated heterocycles. The van der Waals surface area contributed by atoms with Crippen molar-refractivity contribution in [2.75, 3.05) is 11.5 Å². The van der Waals surface area contributed by atoms with E-state index >= 15 is 0 Å². The Morgan fingerprint density at radius 2 is 2.38 bits per heavy atom. The molecule has 0 amide bonds. The first kappa shape index (κ1) is 7.91. The van der Waals surface area contributed by atoms with Crippen LogP contribution in [0.4, 0.5) is 0 Å². The molecule has 46 valence electrons. The molecule has 1 atom stereocenters. The summed E-state index contributed by atoms with van der Waals surface area (Å²) < 4.78 is 0. The normalized spacial score (nSPS) is 12.6. The van der Waals surface area contributed by atoms with Gasteiger partial charge >= 0.3 is 0 Å². The molecule has 0 rings (SSSR count). The van der Waals surface area contributed by atoms with Crippen LogP contribution in [0.3, 0.4) is 0 Å². The third kappa shape index (κ3) is 4.08. The van der Waals surface area contributed by atoms with Gasteiger partial charge in [-0.05, 0) is 5.75 Å². The lowest BCUT2D eigenvalue weighted by Crippen LogP contribution is -1.92. The molecule has 0 aromatic rings. The second kappa shape index (κ2) is 5.05. The van der Waals surface area contributed by atoms with E-state index in [1.807, 2.05) is 11.8 Å². The van der Waals surface area contributed by atoms with Crippen molar-refractivity contribution in [3.63, 3.8) is 0 Å². The van der Waals surface area contributed by atoms with Crippen molar-refractivity contribution in [2.45, 2.75) is 13.8 Å². The maximum atomic E-state index is 5.15. The van der Waals surface area contributed by atoms with Crippen LogP contribution in [0.1, 0.15) is 13.8 Å². The fraction of sp³-hybridized carbons (Fsp3) is 0.714. The van der Waals surface area contributed by atoms with Gasteiger partial charge in [-0.15, -0.1) is 12.3 Å². The topological polar surface area (TPSA) is 0 Å². The van der Waals surface area contributed by atoms with E-state index in [4.69, 9.17) is 6.42 Å². The van der Waals surface area contributed by atoms with E-state index in [0.29, 0.717) is 5.92 Å². The van der Waals surface area contributed by atoms with Crippen molar-refractivity contribution in [3.05, 3.63) is 0 Å². The number of rotatable bonds is 3. The molecule has 0 aliphatic heterocycles. The maximum Gasteiger partial charge on any atom is 0.0262 e. The molecule has 0 heterocycles. The molecule has 0 spiro atoms. The van der Waals surface area contributed by atoms with Crippen molar-refractivity contribution < 1.29 is 0 Å². The first-order valence-corrected chi connectivity index (χ1v) is 4.00. The fourth-order valence-electron chi connectivity index (χ4n) is 0.343. The Balaban J connectivity index is 3.02. The van der Waals surface area contributed by atoms with Gasteiger partial charge in [-0.25, -0.2) is 0 Å². The maximum absolute atomic E-state index is 5.15. The summed E-state index contributed by atoms with van der Waals surface area (Å²) >= 11 is 1.90. The first-order chi connectivity index (χ1) is 3.81. The summed E-state index contributed by atoms with van der Waals surface area (Å²) in [7, 11) is 0. The molecule has 1 unspecified atom stereocenters. The highest BCUT2D eigenvalue weighted by Gasteiger charge is 1.92. The highest BCUT2D eigenvalue weighted by atomic mass is 32.2. The van der Waals surface area contributed by atoms with Crippen molar-refractivity contribution in [1.29, 1.82) is 0 Å². The van der Waals surface area contributed by atoms with E-state index in [2.05, 4.69) is 19.8 Å². The lowest BCUT2D eigenvalue weighted by molar-refractivity contribution is 0.883. The molecule has 0 fully saturated rings. The zero-order valence-corrected chi connectivity index (χ0v) is 6.29. The van der Waals surface area contributed by atoms with Gasteiger partial charge < -0.3 is 0 Å². The molecule has 0 aromatic carbocycles. The summed E-state index contributed by atoms with van der Waals surface area (Å²) in [6.07, 6.45) is 5.15. The van der Waals surface area contributed by atoms with Gasteiger partial charge in [0.25, 0.3) is 0 Å². The van der Waals surface area contributed by atoms with Crippen LogP contribution in [0, 0.1) is 18.3 Å². The van der Waals surface area contributed by atoms with Crippen LogP contribution in [-0.4, -0.2) is 11.5 Å². The molecule has 0 aliphatic carbocycles. The van der Waals surface area contributed by atoms with Gasteiger partial charge in [-0.1, -0.05) is 13.8 Å². The molecular formula is C7H12S. The van der Waals surface area contributed by atoms with Gasteiger partial charge in [-0.2, -0.15) is 11.8 Å². The lowest BCUT2D eigenvalue weighted by Gasteiger charge is -1.98. The van der Waals surface area contributed by atoms with Gasteiger partial charge in [0.15, 0.2) is 0 Å². The molecule has 0 saturated carbocycles. The van der Waals surface area contributed by atoms with E-state index in [1.165, 1.54) is 5.75 Å². The zero-order chi connectivity index (χ0) is 6.41. The largest absolute Gasteiger partial charge is 0.161 e. The van der Waals surface area contributed by atoms with Gasteiger partial charge in [0.1, 0.15) is 0 Å². The van der Waals surface area contributed by atoms with Crippen LogP contribution in [-0.2, 0) is 0 Å². The third-order valence-corrected chi connectivity index (χ3v) is 2.00. The van der Waals surface area contributed by atoms with E-state index < -0.39 is 0 Å². The smallest absolute Gasteiger partial charge is 0.0262 e. The van der Waals surface area contributed by atoms with E-state index in [-0.39, 0.29) is 0 Å². The SMILES string of the molecule is C#CC(C)CSCC. The summed E-state index contributed by atoms with van der Waals surface area (Å²) in [6.45, 7) is 4.22. The van der Waals surface area contributed by atoms with Crippen LogP contribution in [0.2, 0.25) is 0 Å².